The van der Waals surface area contributed by atoms with Crippen molar-refractivity contribution >= 4 is 52.0 Å². The topological polar surface area (TPSA) is 81.8 Å². The predicted octanol–water partition coefficient (Wildman–Crippen LogP) is 5.21. The van der Waals surface area contributed by atoms with Gasteiger partial charge in [-0.2, -0.15) is 0 Å². The fourth-order valence-electron chi connectivity index (χ4n) is 4.50. The highest BCUT2D eigenvalue weighted by molar-refractivity contribution is 6.01. The summed E-state index contributed by atoms with van der Waals surface area (Å²) >= 11 is 0. The fourth-order valence-corrected chi connectivity index (χ4v) is 4.50. The summed E-state index contributed by atoms with van der Waals surface area (Å²) in [6.07, 6.45) is 0.447. The molecule has 2 heterocycles. The average molecular weight is 505 g/mol. The molecule has 0 saturated carbocycles. The molecule has 7 nitrogen and oxygen atoms in total. The summed E-state index contributed by atoms with van der Waals surface area (Å²) in [7, 11) is 5.08. The van der Waals surface area contributed by atoms with Gasteiger partial charge in [-0.25, -0.2) is 0 Å². The molecule has 0 saturated heterocycles. The van der Waals surface area contributed by atoms with Gasteiger partial charge in [-0.1, -0.05) is 12.1 Å². The molecule has 34 heavy (non-hydrogen) atoms. The third-order valence-corrected chi connectivity index (χ3v) is 6.06. The summed E-state index contributed by atoms with van der Waals surface area (Å²) < 4.78 is 22.1. The Morgan fingerprint density at radius 1 is 0.941 bits per heavy atom. The van der Waals surface area contributed by atoms with Crippen LogP contribution >= 0.6 is 24.8 Å². The quantitative estimate of drug-likeness (QED) is 0.388. The minimum atomic E-state index is -0.116. The van der Waals surface area contributed by atoms with Crippen molar-refractivity contribution in [2.75, 3.05) is 33.4 Å². The second-order valence-corrected chi connectivity index (χ2v) is 7.73. The number of benzene rings is 3. The molecule has 1 aliphatic rings. The number of pyridine rings is 1. The maximum Gasteiger partial charge on any atom is 0.252 e. The summed E-state index contributed by atoms with van der Waals surface area (Å²) in [6.45, 7) is 2.11. The fraction of sp³-hybridized carbons (Fsp3) is 0.240. The number of aromatic nitrogens is 1. The van der Waals surface area contributed by atoms with Gasteiger partial charge in [0, 0.05) is 46.6 Å². The summed E-state index contributed by atoms with van der Waals surface area (Å²) in [5, 5.41) is 7.07. The van der Waals surface area contributed by atoms with Gasteiger partial charge >= 0.3 is 0 Å². The lowest BCUT2D eigenvalue weighted by molar-refractivity contribution is 0.175. The first-order valence-corrected chi connectivity index (χ1v) is 10.3. The summed E-state index contributed by atoms with van der Waals surface area (Å²) in [4.78, 5) is 16.0. The molecule has 1 aliphatic heterocycles. The van der Waals surface area contributed by atoms with E-state index in [9.17, 15) is 4.79 Å². The summed E-state index contributed by atoms with van der Waals surface area (Å²) in [6, 6.07) is 11.8. The first-order chi connectivity index (χ1) is 15.5. The largest absolute Gasteiger partial charge is 0.493 e. The third kappa shape index (κ3) is 3.95. The molecule has 0 atom stereocenters. The number of methoxy groups -OCH3 is 2. The molecule has 9 heteroatoms. The smallest absolute Gasteiger partial charge is 0.252 e. The number of ether oxygens (including phenoxy) is 4. The van der Waals surface area contributed by atoms with E-state index in [1.807, 2.05) is 50.4 Å². The minimum absolute atomic E-state index is 0. The van der Waals surface area contributed by atoms with E-state index < -0.39 is 0 Å². The normalized spacial score (nSPS) is 11.6. The number of anilines is 1. The Kier molecular flexibility index (Phi) is 7.38. The van der Waals surface area contributed by atoms with Crippen LogP contribution in [0.1, 0.15) is 16.8 Å². The monoisotopic (exact) mass is 504 g/mol. The van der Waals surface area contributed by atoms with Crippen molar-refractivity contribution in [3.63, 3.8) is 0 Å². The minimum Gasteiger partial charge on any atom is -0.493 e. The number of aryl methyl sites for hydroxylation is 1. The maximum absolute atomic E-state index is 13.0. The van der Waals surface area contributed by atoms with Gasteiger partial charge in [0.15, 0.2) is 23.0 Å². The van der Waals surface area contributed by atoms with Crippen molar-refractivity contribution in [3.8, 4) is 23.0 Å². The van der Waals surface area contributed by atoms with Crippen LogP contribution in [0.5, 0.6) is 23.0 Å². The standard InChI is InChI=1S/C25H24N2O5.2ClH/c1-13-17-10-21(29-3)22(30-4)11-18(17)19(25(28)27-13)9-14-5-6-16-15(23(14)26-2)7-8-20-24(16)32-12-31-20;;/h5-8,10-11,26H,9,12H2,1-4H3,(H,27,28);2*1H. The van der Waals surface area contributed by atoms with Crippen LogP contribution < -0.4 is 29.8 Å². The summed E-state index contributed by atoms with van der Waals surface area (Å²) in [5.74, 6) is 2.71. The van der Waals surface area contributed by atoms with E-state index in [2.05, 4.69) is 10.3 Å². The average Bonchev–Trinajstić information content (AvgIpc) is 3.29. The van der Waals surface area contributed by atoms with Crippen molar-refractivity contribution in [1.82, 2.24) is 4.98 Å². The van der Waals surface area contributed by atoms with Crippen LogP contribution in [-0.4, -0.2) is 33.0 Å². The second-order valence-electron chi connectivity index (χ2n) is 7.73. The lowest BCUT2D eigenvalue weighted by Crippen LogP contribution is -2.16. The molecule has 0 aliphatic carbocycles. The first kappa shape index (κ1) is 25.3. The number of hydrogen-bond donors (Lipinski definition) is 2. The van der Waals surface area contributed by atoms with E-state index >= 15 is 0 Å². The van der Waals surface area contributed by atoms with Gasteiger partial charge < -0.3 is 29.2 Å². The Bertz CT molecular complexity index is 1440. The number of nitrogens with one attached hydrogen (secondary N) is 2. The predicted molar refractivity (Wildman–Crippen MR) is 139 cm³/mol. The van der Waals surface area contributed by atoms with Crippen LogP contribution in [0.3, 0.4) is 0 Å². The summed E-state index contributed by atoms with van der Waals surface area (Å²) in [5.41, 5.74) is 3.30. The van der Waals surface area contributed by atoms with Crippen molar-refractivity contribution in [3.05, 3.63) is 63.6 Å². The van der Waals surface area contributed by atoms with Gasteiger partial charge in [-0.3, -0.25) is 4.79 Å². The van der Waals surface area contributed by atoms with Gasteiger partial charge in [0.2, 0.25) is 6.79 Å². The van der Waals surface area contributed by atoms with Gasteiger partial charge in [0.1, 0.15) is 0 Å². The van der Waals surface area contributed by atoms with E-state index in [1.165, 1.54) is 0 Å². The molecule has 5 rings (SSSR count). The SMILES string of the molecule is CNc1c(Cc2c(=O)[nH]c(C)c3cc(OC)c(OC)cc23)ccc2c3c(ccc12)OCO3.Cl.Cl. The van der Waals surface area contributed by atoms with E-state index in [1.54, 1.807) is 14.2 Å². The van der Waals surface area contributed by atoms with E-state index in [0.717, 1.165) is 50.0 Å². The van der Waals surface area contributed by atoms with Gasteiger partial charge in [-0.05, 0) is 42.1 Å². The Hall–Kier alpha value is -3.29. The van der Waals surface area contributed by atoms with Crippen LogP contribution in [0.25, 0.3) is 21.5 Å². The van der Waals surface area contributed by atoms with Gasteiger partial charge in [0.05, 0.1) is 14.2 Å². The van der Waals surface area contributed by atoms with Crippen LogP contribution in [-0.2, 0) is 6.42 Å². The molecule has 2 N–H and O–H groups in total. The van der Waals surface area contributed by atoms with Crippen molar-refractivity contribution < 1.29 is 18.9 Å². The number of aromatic amines is 1. The first-order valence-electron chi connectivity index (χ1n) is 10.3. The van der Waals surface area contributed by atoms with E-state index in [-0.39, 0.29) is 37.2 Å². The lowest BCUT2D eigenvalue weighted by Gasteiger charge is -2.16. The highest BCUT2D eigenvalue weighted by Crippen LogP contribution is 2.43. The Labute approximate surface area is 209 Å². The van der Waals surface area contributed by atoms with Crippen molar-refractivity contribution in [2.24, 2.45) is 0 Å². The Morgan fingerprint density at radius 3 is 2.29 bits per heavy atom. The zero-order chi connectivity index (χ0) is 22.4. The molecule has 3 aromatic carbocycles. The number of halogens is 2. The molecular weight excluding hydrogens is 479 g/mol. The number of hydrogen-bond acceptors (Lipinski definition) is 6. The molecule has 1 aromatic heterocycles. The Morgan fingerprint density at radius 2 is 1.62 bits per heavy atom. The number of H-pyrrole nitrogens is 1. The molecule has 4 aromatic rings. The zero-order valence-electron chi connectivity index (χ0n) is 19.2. The molecule has 0 amide bonds. The van der Waals surface area contributed by atoms with E-state index in [0.29, 0.717) is 23.5 Å². The molecular formula is C25H26Cl2N2O5. The zero-order valence-corrected chi connectivity index (χ0v) is 20.9. The van der Waals surface area contributed by atoms with Crippen LogP contribution in [0.2, 0.25) is 0 Å². The molecule has 0 unspecified atom stereocenters. The van der Waals surface area contributed by atoms with E-state index in [4.69, 9.17) is 18.9 Å². The lowest BCUT2D eigenvalue weighted by atomic mass is 9.95. The Balaban J connectivity index is 0.00000162. The second kappa shape index (κ2) is 9.91. The number of rotatable bonds is 5. The number of fused-ring (bicyclic) bond motifs is 4. The molecule has 180 valence electrons. The molecule has 0 bridgehead atoms. The van der Waals surface area contributed by atoms with Crippen molar-refractivity contribution in [1.29, 1.82) is 0 Å². The molecule has 0 fully saturated rings. The highest BCUT2D eigenvalue weighted by Gasteiger charge is 2.20. The van der Waals surface area contributed by atoms with Crippen LogP contribution in [0, 0.1) is 6.92 Å². The molecule has 0 radical (unpaired) electrons. The van der Waals surface area contributed by atoms with Gasteiger partial charge in [0.25, 0.3) is 5.56 Å². The van der Waals surface area contributed by atoms with Gasteiger partial charge in [-0.15, -0.1) is 24.8 Å². The highest BCUT2D eigenvalue weighted by atomic mass is 35.5. The van der Waals surface area contributed by atoms with Crippen LogP contribution in [0.15, 0.2) is 41.2 Å². The maximum atomic E-state index is 13.0. The van der Waals surface area contributed by atoms with Crippen LogP contribution in [0.4, 0.5) is 5.69 Å². The van der Waals surface area contributed by atoms with Crippen molar-refractivity contribution in [2.45, 2.75) is 13.3 Å². The third-order valence-electron chi connectivity index (χ3n) is 6.06. The molecule has 0 spiro atoms.